The standard InChI is InChI=1S/C14H25NO2/c1-11(2)15-14(12(16)17)9-7-13(8-10-14)5-3-4-6-13/h11,15H,3-10H2,1-2H3,(H,16,17). The van der Waals surface area contributed by atoms with E-state index >= 15 is 0 Å². The van der Waals surface area contributed by atoms with Crippen molar-refractivity contribution in [2.24, 2.45) is 5.41 Å². The van der Waals surface area contributed by atoms with Crippen molar-refractivity contribution in [3.05, 3.63) is 0 Å². The molecule has 0 amide bonds. The Hall–Kier alpha value is -0.570. The van der Waals surface area contributed by atoms with Crippen LogP contribution >= 0.6 is 0 Å². The summed E-state index contributed by atoms with van der Waals surface area (Å²) in [5.74, 6) is -0.654. The van der Waals surface area contributed by atoms with Crippen LogP contribution in [0.2, 0.25) is 0 Å². The van der Waals surface area contributed by atoms with E-state index in [4.69, 9.17) is 0 Å². The molecule has 0 aromatic rings. The highest BCUT2D eigenvalue weighted by atomic mass is 16.4. The monoisotopic (exact) mass is 239 g/mol. The van der Waals surface area contributed by atoms with Crippen molar-refractivity contribution >= 4 is 5.97 Å². The van der Waals surface area contributed by atoms with Gasteiger partial charge < -0.3 is 5.11 Å². The van der Waals surface area contributed by atoms with Crippen LogP contribution in [0.3, 0.4) is 0 Å². The molecule has 2 aliphatic carbocycles. The van der Waals surface area contributed by atoms with Gasteiger partial charge >= 0.3 is 5.97 Å². The van der Waals surface area contributed by atoms with Gasteiger partial charge in [-0.25, -0.2) is 0 Å². The van der Waals surface area contributed by atoms with E-state index in [0.717, 1.165) is 25.7 Å². The Morgan fingerprint density at radius 1 is 1.06 bits per heavy atom. The summed E-state index contributed by atoms with van der Waals surface area (Å²) < 4.78 is 0. The predicted molar refractivity (Wildman–Crippen MR) is 68.0 cm³/mol. The molecule has 3 nitrogen and oxygen atoms in total. The van der Waals surface area contributed by atoms with Gasteiger partial charge in [0.05, 0.1) is 0 Å². The zero-order valence-electron chi connectivity index (χ0n) is 11.1. The van der Waals surface area contributed by atoms with Gasteiger partial charge in [-0.15, -0.1) is 0 Å². The first kappa shape index (κ1) is 12.9. The van der Waals surface area contributed by atoms with Gasteiger partial charge in [-0.2, -0.15) is 0 Å². The third-order valence-corrected chi connectivity index (χ3v) is 4.80. The third-order valence-electron chi connectivity index (χ3n) is 4.80. The van der Waals surface area contributed by atoms with E-state index in [1.54, 1.807) is 0 Å². The number of nitrogens with one attached hydrogen (secondary N) is 1. The van der Waals surface area contributed by atoms with Crippen LogP contribution < -0.4 is 5.32 Å². The Morgan fingerprint density at radius 2 is 1.59 bits per heavy atom. The maximum Gasteiger partial charge on any atom is 0.323 e. The van der Waals surface area contributed by atoms with E-state index in [1.165, 1.54) is 25.7 Å². The van der Waals surface area contributed by atoms with Crippen LogP contribution in [0.4, 0.5) is 0 Å². The normalized spacial score (nSPS) is 26.5. The Balaban J connectivity index is 2.04. The molecule has 0 aromatic carbocycles. The summed E-state index contributed by atoms with van der Waals surface area (Å²) in [6.45, 7) is 4.06. The second-order valence-corrected chi connectivity index (χ2v) is 6.39. The van der Waals surface area contributed by atoms with Gasteiger partial charge in [0.15, 0.2) is 0 Å². The van der Waals surface area contributed by atoms with Gasteiger partial charge in [-0.05, 0) is 57.8 Å². The van der Waals surface area contributed by atoms with E-state index in [2.05, 4.69) is 5.32 Å². The maximum absolute atomic E-state index is 11.6. The first-order valence-corrected chi connectivity index (χ1v) is 6.99. The van der Waals surface area contributed by atoms with Crippen LogP contribution in [0.5, 0.6) is 0 Å². The lowest BCUT2D eigenvalue weighted by Gasteiger charge is -2.44. The summed E-state index contributed by atoms with van der Waals surface area (Å²) in [4.78, 5) is 11.6. The average Bonchev–Trinajstić information content (AvgIpc) is 2.70. The number of carboxylic acids is 1. The Kier molecular flexibility index (Phi) is 3.48. The summed E-state index contributed by atoms with van der Waals surface area (Å²) in [5, 5.41) is 12.8. The maximum atomic E-state index is 11.6. The van der Waals surface area contributed by atoms with Crippen LogP contribution in [0, 0.1) is 5.41 Å². The molecule has 0 heterocycles. The topological polar surface area (TPSA) is 49.3 Å². The molecule has 2 N–H and O–H groups in total. The number of carbonyl (C=O) groups is 1. The molecule has 0 atom stereocenters. The van der Waals surface area contributed by atoms with Crippen molar-refractivity contribution in [2.45, 2.75) is 76.8 Å². The van der Waals surface area contributed by atoms with Crippen molar-refractivity contribution in [1.29, 1.82) is 0 Å². The summed E-state index contributed by atoms with van der Waals surface area (Å²) in [6, 6.07) is 0.240. The van der Waals surface area contributed by atoms with E-state index in [1.807, 2.05) is 13.8 Å². The van der Waals surface area contributed by atoms with Crippen LogP contribution in [-0.2, 0) is 4.79 Å². The molecule has 0 aliphatic heterocycles. The molecular weight excluding hydrogens is 214 g/mol. The van der Waals surface area contributed by atoms with Crippen molar-refractivity contribution < 1.29 is 9.90 Å². The fourth-order valence-corrected chi connectivity index (χ4v) is 3.80. The molecule has 0 unspecified atom stereocenters. The quantitative estimate of drug-likeness (QED) is 0.796. The minimum atomic E-state index is -0.654. The Bertz CT molecular complexity index is 283. The van der Waals surface area contributed by atoms with E-state index < -0.39 is 11.5 Å². The van der Waals surface area contributed by atoms with Crippen LogP contribution in [-0.4, -0.2) is 22.7 Å². The smallest absolute Gasteiger partial charge is 0.323 e. The molecule has 2 saturated carbocycles. The molecule has 2 aliphatic rings. The van der Waals surface area contributed by atoms with Gasteiger partial charge in [0.2, 0.25) is 0 Å². The SMILES string of the molecule is CC(C)NC1(C(=O)O)CCC2(CCCC2)CC1. The molecule has 0 aromatic heterocycles. The highest BCUT2D eigenvalue weighted by Gasteiger charge is 2.47. The fourth-order valence-electron chi connectivity index (χ4n) is 3.80. The van der Waals surface area contributed by atoms with Crippen LogP contribution in [0.15, 0.2) is 0 Å². The zero-order chi connectivity index (χ0) is 12.5. The van der Waals surface area contributed by atoms with Crippen LogP contribution in [0.1, 0.15) is 65.2 Å². The minimum absolute atomic E-state index is 0.240. The lowest BCUT2D eigenvalue weighted by molar-refractivity contribution is -0.148. The number of rotatable bonds is 3. The highest BCUT2D eigenvalue weighted by Crippen LogP contribution is 2.51. The molecule has 2 fully saturated rings. The van der Waals surface area contributed by atoms with Crippen LogP contribution in [0.25, 0.3) is 0 Å². The van der Waals surface area contributed by atoms with E-state index in [0.29, 0.717) is 5.41 Å². The van der Waals surface area contributed by atoms with Gasteiger partial charge in [0.1, 0.15) is 5.54 Å². The molecule has 17 heavy (non-hydrogen) atoms. The average molecular weight is 239 g/mol. The summed E-state index contributed by atoms with van der Waals surface area (Å²) in [6.07, 6.45) is 9.14. The summed E-state index contributed by atoms with van der Waals surface area (Å²) in [7, 11) is 0. The molecule has 98 valence electrons. The summed E-state index contributed by atoms with van der Waals surface area (Å²) >= 11 is 0. The third kappa shape index (κ3) is 2.49. The Morgan fingerprint density at radius 3 is 2.00 bits per heavy atom. The van der Waals surface area contributed by atoms with Crippen molar-refractivity contribution in [3.8, 4) is 0 Å². The van der Waals surface area contributed by atoms with Crippen molar-refractivity contribution in [3.63, 3.8) is 0 Å². The molecule has 0 saturated heterocycles. The first-order valence-electron chi connectivity index (χ1n) is 6.99. The van der Waals surface area contributed by atoms with E-state index in [-0.39, 0.29) is 6.04 Å². The lowest BCUT2D eigenvalue weighted by atomic mass is 9.66. The number of aliphatic carboxylic acids is 1. The van der Waals surface area contributed by atoms with Gasteiger partial charge in [-0.3, -0.25) is 10.1 Å². The molecule has 1 spiro atoms. The highest BCUT2D eigenvalue weighted by molar-refractivity contribution is 5.79. The predicted octanol–water partition coefficient (Wildman–Crippen LogP) is 2.94. The second kappa shape index (κ2) is 4.60. The molecule has 0 radical (unpaired) electrons. The first-order chi connectivity index (χ1) is 7.98. The summed E-state index contributed by atoms with van der Waals surface area (Å²) in [5.41, 5.74) is -0.153. The molecule has 0 bridgehead atoms. The van der Waals surface area contributed by atoms with Crippen molar-refractivity contribution in [2.75, 3.05) is 0 Å². The second-order valence-electron chi connectivity index (χ2n) is 6.39. The number of carboxylic acid groups (broad SMARTS) is 1. The minimum Gasteiger partial charge on any atom is -0.480 e. The Labute approximate surface area is 104 Å². The van der Waals surface area contributed by atoms with Crippen molar-refractivity contribution in [1.82, 2.24) is 5.32 Å². The fraction of sp³-hybridized carbons (Fsp3) is 0.929. The van der Waals surface area contributed by atoms with Gasteiger partial charge in [0.25, 0.3) is 0 Å². The molecule has 2 rings (SSSR count). The molecule has 3 heteroatoms. The molecular formula is C14H25NO2. The number of hydrogen-bond acceptors (Lipinski definition) is 2. The lowest BCUT2D eigenvalue weighted by Crippen LogP contribution is -2.57. The van der Waals surface area contributed by atoms with Gasteiger partial charge in [0, 0.05) is 6.04 Å². The zero-order valence-corrected chi connectivity index (χ0v) is 11.1. The number of hydrogen-bond donors (Lipinski definition) is 2. The largest absolute Gasteiger partial charge is 0.480 e. The van der Waals surface area contributed by atoms with E-state index in [9.17, 15) is 9.90 Å². The van der Waals surface area contributed by atoms with Gasteiger partial charge in [-0.1, -0.05) is 12.8 Å².